The topological polar surface area (TPSA) is 0 Å². The first-order chi connectivity index (χ1) is 13.8. The molecule has 0 saturated heterocycles. The highest BCUT2D eigenvalue weighted by atomic mass is 14.1. The number of rotatable bonds is 24. The van der Waals surface area contributed by atoms with Crippen LogP contribution in [0.4, 0.5) is 0 Å². The molecule has 169 valence electrons. The predicted octanol–water partition coefficient (Wildman–Crippen LogP) is 10.8. The van der Waals surface area contributed by atoms with Crippen LogP contribution in [0.3, 0.4) is 0 Å². The van der Waals surface area contributed by atoms with Crippen LogP contribution < -0.4 is 0 Å². The molecule has 0 bridgehead atoms. The molecule has 0 heterocycles. The van der Waals surface area contributed by atoms with E-state index >= 15 is 0 Å². The summed E-state index contributed by atoms with van der Waals surface area (Å²) in [6, 6.07) is 0. The second-order valence-corrected chi connectivity index (χ2v) is 9.45. The zero-order valence-electron chi connectivity index (χ0n) is 20.3. The summed E-state index contributed by atoms with van der Waals surface area (Å²) in [6.45, 7) is 8.71. The Morgan fingerprint density at radius 3 is 1.00 bits per heavy atom. The van der Waals surface area contributed by atoms with Crippen molar-refractivity contribution in [2.45, 2.75) is 168 Å². The molecule has 0 heteroatoms. The SMILES string of the molecule is [CH2]CCC(CCCCCC)CCCCCCCCCCCCCCCCCC. The molecule has 0 aromatic heterocycles. The van der Waals surface area contributed by atoms with Gasteiger partial charge in [0.25, 0.3) is 0 Å². The Kier molecular flexibility index (Phi) is 25.0. The van der Waals surface area contributed by atoms with Crippen LogP contribution in [0.15, 0.2) is 0 Å². The van der Waals surface area contributed by atoms with Crippen LogP contribution in [0.5, 0.6) is 0 Å². The largest absolute Gasteiger partial charge is 0.0654 e. The van der Waals surface area contributed by atoms with E-state index in [0.717, 1.165) is 12.3 Å². The van der Waals surface area contributed by atoms with Gasteiger partial charge in [-0.05, 0) is 5.92 Å². The maximum absolute atomic E-state index is 4.09. The molecule has 1 atom stereocenters. The molecule has 0 amide bonds. The molecule has 0 aliphatic rings. The van der Waals surface area contributed by atoms with Gasteiger partial charge in [0.1, 0.15) is 0 Å². The van der Waals surface area contributed by atoms with Crippen molar-refractivity contribution in [3.05, 3.63) is 6.92 Å². The third-order valence-electron chi connectivity index (χ3n) is 6.54. The van der Waals surface area contributed by atoms with Gasteiger partial charge < -0.3 is 0 Å². The van der Waals surface area contributed by atoms with Gasteiger partial charge in [-0.1, -0.05) is 175 Å². The molecule has 0 N–H and O–H groups in total. The van der Waals surface area contributed by atoms with Crippen LogP contribution in [-0.4, -0.2) is 0 Å². The lowest BCUT2D eigenvalue weighted by molar-refractivity contribution is 0.383. The smallest absolute Gasteiger partial charge is 0.0414 e. The van der Waals surface area contributed by atoms with Crippen LogP contribution >= 0.6 is 0 Å². The molecular formula is C28H57. The van der Waals surface area contributed by atoms with Crippen molar-refractivity contribution in [3.63, 3.8) is 0 Å². The van der Waals surface area contributed by atoms with E-state index in [1.807, 2.05) is 0 Å². The lowest BCUT2D eigenvalue weighted by Crippen LogP contribution is -2.00. The first-order valence-corrected chi connectivity index (χ1v) is 13.6. The summed E-state index contributed by atoms with van der Waals surface area (Å²) in [4.78, 5) is 0. The fraction of sp³-hybridized carbons (Fsp3) is 0.964. The third kappa shape index (κ3) is 22.3. The highest BCUT2D eigenvalue weighted by Gasteiger charge is 2.07. The van der Waals surface area contributed by atoms with Crippen molar-refractivity contribution in [3.8, 4) is 0 Å². The lowest BCUT2D eigenvalue weighted by atomic mass is 9.91. The molecule has 0 rings (SSSR count). The van der Waals surface area contributed by atoms with Crippen molar-refractivity contribution in [1.82, 2.24) is 0 Å². The Morgan fingerprint density at radius 1 is 0.393 bits per heavy atom. The molecule has 0 aliphatic heterocycles. The van der Waals surface area contributed by atoms with Gasteiger partial charge in [-0.3, -0.25) is 0 Å². The summed E-state index contributed by atoms with van der Waals surface area (Å²) in [5, 5.41) is 0. The molecule has 0 saturated carbocycles. The molecule has 0 aromatic rings. The lowest BCUT2D eigenvalue weighted by Gasteiger charge is -2.15. The maximum Gasteiger partial charge on any atom is -0.0414 e. The molecule has 1 unspecified atom stereocenters. The normalized spacial score (nSPS) is 12.5. The second kappa shape index (κ2) is 25.0. The zero-order chi connectivity index (χ0) is 20.5. The second-order valence-electron chi connectivity index (χ2n) is 9.45. The minimum absolute atomic E-state index is 0.973. The van der Waals surface area contributed by atoms with Gasteiger partial charge in [0.05, 0.1) is 0 Å². The van der Waals surface area contributed by atoms with Crippen LogP contribution in [0.1, 0.15) is 168 Å². The quantitative estimate of drug-likeness (QED) is 0.143. The fourth-order valence-electron chi connectivity index (χ4n) is 4.56. The maximum atomic E-state index is 4.09. The Hall–Kier alpha value is 0. The molecule has 28 heavy (non-hydrogen) atoms. The van der Waals surface area contributed by atoms with Crippen molar-refractivity contribution < 1.29 is 0 Å². The van der Waals surface area contributed by atoms with Gasteiger partial charge in [-0.25, -0.2) is 0 Å². The molecule has 0 aliphatic carbocycles. The number of unbranched alkanes of at least 4 members (excludes halogenated alkanes) is 18. The first-order valence-electron chi connectivity index (χ1n) is 13.6. The summed E-state index contributed by atoms with van der Waals surface area (Å²) in [5.41, 5.74) is 0. The Morgan fingerprint density at radius 2 is 0.679 bits per heavy atom. The van der Waals surface area contributed by atoms with Gasteiger partial charge in [-0.15, -0.1) is 0 Å². The van der Waals surface area contributed by atoms with E-state index < -0.39 is 0 Å². The third-order valence-corrected chi connectivity index (χ3v) is 6.54. The van der Waals surface area contributed by atoms with Crippen LogP contribution in [0.25, 0.3) is 0 Å². The van der Waals surface area contributed by atoms with Gasteiger partial charge in [0.15, 0.2) is 0 Å². The van der Waals surface area contributed by atoms with Gasteiger partial charge >= 0.3 is 0 Å². The average molecular weight is 394 g/mol. The van der Waals surface area contributed by atoms with E-state index in [9.17, 15) is 0 Å². The van der Waals surface area contributed by atoms with E-state index in [-0.39, 0.29) is 0 Å². The first kappa shape index (κ1) is 28.0. The van der Waals surface area contributed by atoms with E-state index in [1.54, 1.807) is 0 Å². The van der Waals surface area contributed by atoms with Gasteiger partial charge in [-0.2, -0.15) is 0 Å². The summed E-state index contributed by atoms with van der Waals surface area (Å²) in [5.74, 6) is 0.973. The number of hydrogen-bond donors (Lipinski definition) is 0. The van der Waals surface area contributed by atoms with Crippen molar-refractivity contribution >= 4 is 0 Å². The minimum atomic E-state index is 0.973. The predicted molar refractivity (Wildman–Crippen MR) is 131 cm³/mol. The minimum Gasteiger partial charge on any atom is -0.0654 e. The van der Waals surface area contributed by atoms with Crippen molar-refractivity contribution in [1.29, 1.82) is 0 Å². The van der Waals surface area contributed by atoms with Crippen LogP contribution in [-0.2, 0) is 0 Å². The molecule has 0 aromatic carbocycles. The molecule has 0 nitrogen and oxygen atoms in total. The Balaban J connectivity index is 3.26. The molecule has 1 radical (unpaired) electrons. The monoisotopic (exact) mass is 393 g/mol. The Bertz CT molecular complexity index is 257. The highest BCUT2D eigenvalue weighted by molar-refractivity contribution is 4.62. The van der Waals surface area contributed by atoms with Crippen molar-refractivity contribution in [2.75, 3.05) is 0 Å². The van der Waals surface area contributed by atoms with E-state index in [4.69, 9.17) is 0 Å². The van der Waals surface area contributed by atoms with E-state index in [0.29, 0.717) is 0 Å². The Labute approximate surface area is 181 Å². The number of hydrogen-bond acceptors (Lipinski definition) is 0. The molecular weight excluding hydrogens is 336 g/mol. The highest BCUT2D eigenvalue weighted by Crippen LogP contribution is 2.23. The summed E-state index contributed by atoms with van der Waals surface area (Å²) >= 11 is 0. The van der Waals surface area contributed by atoms with Crippen molar-refractivity contribution in [2.24, 2.45) is 5.92 Å². The fourth-order valence-corrected chi connectivity index (χ4v) is 4.56. The van der Waals surface area contributed by atoms with Crippen LogP contribution in [0, 0.1) is 12.8 Å². The van der Waals surface area contributed by atoms with E-state index in [1.165, 1.54) is 148 Å². The zero-order valence-corrected chi connectivity index (χ0v) is 20.3. The average Bonchev–Trinajstić information content (AvgIpc) is 2.70. The van der Waals surface area contributed by atoms with Gasteiger partial charge in [0, 0.05) is 0 Å². The molecule has 0 fully saturated rings. The molecule has 0 spiro atoms. The summed E-state index contributed by atoms with van der Waals surface area (Å²) in [7, 11) is 0. The summed E-state index contributed by atoms with van der Waals surface area (Å²) in [6.07, 6.45) is 34.7. The standard InChI is InChI=1S/C28H57/c1-4-7-9-11-12-13-14-15-16-17-18-19-20-21-22-24-27-28(25-6-3)26-23-10-8-5-2/h28H,3-27H2,1-2H3. The van der Waals surface area contributed by atoms with Gasteiger partial charge in [0.2, 0.25) is 0 Å². The van der Waals surface area contributed by atoms with E-state index in [2.05, 4.69) is 20.8 Å². The summed E-state index contributed by atoms with van der Waals surface area (Å²) < 4.78 is 0. The van der Waals surface area contributed by atoms with Crippen LogP contribution in [0.2, 0.25) is 0 Å².